The molecule has 1 heterocycles. The second kappa shape index (κ2) is 12.0. The minimum absolute atomic E-state index is 0.167. The van der Waals surface area contributed by atoms with Crippen molar-refractivity contribution in [2.24, 2.45) is 0 Å². The van der Waals surface area contributed by atoms with E-state index in [4.69, 9.17) is 0 Å². The van der Waals surface area contributed by atoms with E-state index in [-0.39, 0.29) is 11.8 Å². The first-order chi connectivity index (χ1) is 17.0. The Morgan fingerprint density at radius 2 is 1.74 bits per heavy atom. The summed E-state index contributed by atoms with van der Waals surface area (Å²) in [5.74, 6) is 0.517. The third kappa shape index (κ3) is 6.72. The average molecular weight is 521 g/mol. The van der Waals surface area contributed by atoms with E-state index in [0.29, 0.717) is 21.5 Å². The molecule has 2 amide bonds. The van der Waals surface area contributed by atoms with Gasteiger partial charge < -0.3 is 5.32 Å². The smallest absolute Gasteiger partial charge is 0.255 e. The highest BCUT2D eigenvalue weighted by Gasteiger charge is 2.23. The molecule has 0 radical (unpaired) electrons. The van der Waals surface area contributed by atoms with Crippen molar-refractivity contribution >= 4 is 57.7 Å². The van der Waals surface area contributed by atoms with Crippen LogP contribution in [0.15, 0.2) is 88.9 Å². The van der Waals surface area contributed by atoms with Crippen LogP contribution in [-0.2, 0) is 4.79 Å². The van der Waals surface area contributed by atoms with E-state index in [9.17, 15) is 9.59 Å². The van der Waals surface area contributed by atoms with Gasteiger partial charge in [-0.25, -0.2) is 0 Å². The largest absolute Gasteiger partial charge is 0.322 e. The lowest BCUT2D eigenvalue weighted by atomic mass is 10.1. The van der Waals surface area contributed by atoms with Gasteiger partial charge in [0, 0.05) is 27.7 Å². The van der Waals surface area contributed by atoms with Crippen LogP contribution in [0.1, 0.15) is 33.7 Å². The lowest BCUT2D eigenvalue weighted by molar-refractivity contribution is -0.115. The second-order valence-electron chi connectivity index (χ2n) is 7.51. The van der Waals surface area contributed by atoms with Crippen molar-refractivity contribution in [1.29, 1.82) is 0 Å². The van der Waals surface area contributed by atoms with Crippen LogP contribution >= 0.6 is 35.1 Å². The highest BCUT2D eigenvalue weighted by Crippen LogP contribution is 2.37. The Kier molecular flexibility index (Phi) is 8.57. The molecule has 0 fully saturated rings. The summed E-state index contributed by atoms with van der Waals surface area (Å²) in [6, 6.07) is 24.6. The van der Waals surface area contributed by atoms with Gasteiger partial charge in [0.2, 0.25) is 16.2 Å². The number of thioether (sulfide) groups is 2. The van der Waals surface area contributed by atoms with Crippen molar-refractivity contribution in [2.45, 2.75) is 29.1 Å². The van der Waals surface area contributed by atoms with Crippen molar-refractivity contribution < 1.29 is 9.59 Å². The summed E-state index contributed by atoms with van der Waals surface area (Å²) in [6.07, 6.45) is 0. The van der Waals surface area contributed by atoms with Crippen LogP contribution in [0.3, 0.4) is 0 Å². The number of nitrogens with zero attached hydrogens (tertiary/aromatic N) is 2. The minimum atomic E-state index is -0.510. The normalized spacial score (nSPS) is 11.6. The maximum atomic E-state index is 13.3. The molecule has 35 heavy (non-hydrogen) atoms. The number of hydrogen-bond acceptors (Lipinski definition) is 7. The average Bonchev–Trinajstić information content (AvgIpc) is 3.30. The van der Waals surface area contributed by atoms with Crippen LogP contribution in [0.25, 0.3) is 0 Å². The zero-order chi connectivity index (χ0) is 24.6. The van der Waals surface area contributed by atoms with Gasteiger partial charge in [-0.1, -0.05) is 73.3 Å². The number of amides is 2. The molecule has 0 aliphatic carbocycles. The number of carbonyl (C=O) groups excluding carboxylic acids is 2. The predicted octanol–water partition coefficient (Wildman–Crippen LogP) is 6.68. The molecule has 4 aromatic rings. The molecule has 1 unspecified atom stereocenters. The quantitative estimate of drug-likeness (QED) is 0.239. The van der Waals surface area contributed by atoms with E-state index < -0.39 is 5.25 Å². The number of anilines is 2. The highest BCUT2D eigenvalue weighted by atomic mass is 32.2. The molecule has 6 nitrogen and oxygen atoms in total. The fourth-order valence-corrected chi connectivity index (χ4v) is 5.69. The van der Waals surface area contributed by atoms with E-state index in [0.717, 1.165) is 21.8 Å². The first-order valence-corrected chi connectivity index (χ1v) is 13.6. The Hall–Kier alpha value is -3.14. The van der Waals surface area contributed by atoms with Gasteiger partial charge >= 0.3 is 0 Å². The molecule has 1 aromatic heterocycles. The molecule has 1 atom stereocenters. The van der Waals surface area contributed by atoms with Gasteiger partial charge in [0.05, 0.1) is 0 Å². The molecule has 3 aromatic carbocycles. The Balaban J connectivity index is 1.52. The van der Waals surface area contributed by atoms with Crippen molar-refractivity contribution in [3.8, 4) is 0 Å². The van der Waals surface area contributed by atoms with Gasteiger partial charge in [0.15, 0.2) is 0 Å². The Morgan fingerprint density at radius 3 is 2.51 bits per heavy atom. The van der Waals surface area contributed by atoms with E-state index in [1.165, 1.54) is 35.1 Å². The van der Waals surface area contributed by atoms with Crippen molar-refractivity contribution in [2.75, 3.05) is 16.4 Å². The zero-order valence-electron chi connectivity index (χ0n) is 19.2. The molecule has 9 heteroatoms. The van der Waals surface area contributed by atoms with E-state index >= 15 is 0 Å². The van der Waals surface area contributed by atoms with Gasteiger partial charge in [-0.3, -0.25) is 14.9 Å². The summed E-state index contributed by atoms with van der Waals surface area (Å²) in [4.78, 5) is 31.3. The Morgan fingerprint density at radius 1 is 0.971 bits per heavy atom. The SMILES string of the molecule is CCSc1nsc(NC(=O)C(Sc2cccc(NC(=O)c3ccccc3C)c2)c2ccccc2)n1. The van der Waals surface area contributed by atoms with Crippen molar-refractivity contribution in [1.82, 2.24) is 9.36 Å². The molecule has 0 saturated heterocycles. The van der Waals surface area contributed by atoms with Crippen molar-refractivity contribution in [3.63, 3.8) is 0 Å². The number of aromatic nitrogens is 2. The maximum Gasteiger partial charge on any atom is 0.255 e. The monoisotopic (exact) mass is 520 g/mol. The number of nitrogens with one attached hydrogen (secondary N) is 2. The fraction of sp³-hybridized carbons (Fsp3) is 0.154. The molecule has 178 valence electrons. The highest BCUT2D eigenvalue weighted by molar-refractivity contribution is 8.00. The van der Waals surface area contributed by atoms with E-state index in [1.54, 1.807) is 6.07 Å². The standard InChI is InChI=1S/C26H24N4O2S3/c1-3-33-26-29-25(35-30-26)28-24(32)22(18-11-5-4-6-12-18)34-20-14-9-13-19(16-20)27-23(31)21-15-8-7-10-17(21)2/h4-16,22H,3H2,1-2H3,(H,27,31)(H,28,29,30,32). The maximum absolute atomic E-state index is 13.3. The zero-order valence-corrected chi connectivity index (χ0v) is 21.7. The van der Waals surface area contributed by atoms with E-state index in [2.05, 4.69) is 20.0 Å². The van der Waals surface area contributed by atoms with Crippen LogP contribution in [0.5, 0.6) is 0 Å². The summed E-state index contributed by atoms with van der Waals surface area (Å²) in [6.45, 7) is 3.94. The van der Waals surface area contributed by atoms with Gasteiger partial charge in [-0.05, 0) is 48.1 Å². The number of aryl methyl sites for hydroxylation is 1. The Bertz CT molecular complexity index is 1310. The van der Waals surface area contributed by atoms with Crippen LogP contribution < -0.4 is 10.6 Å². The molecule has 0 aliphatic rings. The third-order valence-corrected chi connectivity index (χ3v) is 7.71. The summed E-state index contributed by atoms with van der Waals surface area (Å²) in [5.41, 5.74) is 3.08. The fourth-order valence-electron chi connectivity index (χ4n) is 3.33. The van der Waals surface area contributed by atoms with Gasteiger partial charge in [-0.15, -0.1) is 11.8 Å². The molecule has 0 saturated carbocycles. The Labute approximate surface area is 217 Å². The summed E-state index contributed by atoms with van der Waals surface area (Å²) in [7, 11) is 0. The van der Waals surface area contributed by atoms with Crippen molar-refractivity contribution in [3.05, 3.63) is 95.6 Å². The van der Waals surface area contributed by atoms with Crippen LogP contribution in [-0.4, -0.2) is 26.9 Å². The first kappa shape index (κ1) is 25.0. The second-order valence-corrected chi connectivity index (χ2v) is 10.7. The molecule has 2 N–H and O–H groups in total. The van der Waals surface area contributed by atoms with E-state index in [1.807, 2.05) is 86.6 Å². The summed E-state index contributed by atoms with van der Waals surface area (Å²) in [5, 5.41) is 6.51. The predicted molar refractivity (Wildman–Crippen MR) is 146 cm³/mol. The lowest BCUT2D eigenvalue weighted by Crippen LogP contribution is -2.19. The van der Waals surface area contributed by atoms with Crippen LogP contribution in [0, 0.1) is 6.92 Å². The molecule has 0 spiro atoms. The van der Waals surface area contributed by atoms with Gasteiger partial charge in [0.25, 0.3) is 5.91 Å². The number of carbonyl (C=O) groups is 2. The van der Waals surface area contributed by atoms with Crippen LogP contribution in [0.4, 0.5) is 10.8 Å². The van der Waals surface area contributed by atoms with Gasteiger partial charge in [-0.2, -0.15) is 9.36 Å². The summed E-state index contributed by atoms with van der Waals surface area (Å²) < 4.78 is 4.28. The number of hydrogen-bond donors (Lipinski definition) is 2. The number of rotatable bonds is 9. The third-order valence-electron chi connectivity index (χ3n) is 4.99. The first-order valence-electron chi connectivity index (χ1n) is 11.0. The van der Waals surface area contributed by atoms with Crippen LogP contribution in [0.2, 0.25) is 0 Å². The summed E-state index contributed by atoms with van der Waals surface area (Å²) >= 11 is 4.12. The molecule has 0 aliphatic heterocycles. The molecular formula is C26H24N4O2S3. The van der Waals surface area contributed by atoms with Gasteiger partial charge in [0.1, 0.15) is 5.25 Å². The number of benzene rings is 3. The molecular weight excluding hydrogens is 497 g/mol. The topological polar surface area (TPSA) is 84.0 Å². The molecule has 0 bridgehead atoms. The minimum Gasteiger partial charge on any atom is -0.322 e. The molecule has 4 rings (SSSR count). The lowest BCUT2D eigenvalue weighted by Gasteiger charge is -2.17.